The van der Waals surface area contributed by atoms with Crippen LogP contribution in [0.1, 0.15) is 11.8 Å². The summed E-state index contributed by atoms with van der Waals surface area (Å²) >= 11 is 1.74. The molecule has 0 atom stereocenters. The second kappa shape index (κ2) is 5.65. The third-order valence-electron chi connectivity index (χ3n) is 3.21. The predicted molar refractivity (Wildman–Crippen MR) is 86.5 cm³/mol. The van der Waals surface area contributed by atoms with Crippen LogP contribution < -0.4 is 5.32 Å². The Bertz CT molecular complexity index is 759. The van der Waals surface area contributed by atoms with Gasteiger partial charge in [-0.25, -0.2) is 9.97 Å². The van der Waals surface area contributed by atoms with Crippen LogP contribution in [0, 0.1) is 0 Å². The summed E-state index contributed by atoms with van der Waals surface area (Å²) in [5.74, 6) is 1.57. The number of aryl methyl sites for hydroxylation is 2. The van der Waals surface area contributed by atoms with E-state index >= 15 is 0 Å². The standard InChI is InChI=1S/C15H17N5S/c1-4-11-5-6-13(21-11)15-18-12(7-14(16-2)19-15)10-8-17-20(3)9-10/h5-9H,4H2,1-3H3,(H,16,18,19). The monoisotopic (exact) mass is 299 g/mol. The normalized spacial score (nSPS) is 10.8. The van der Waals surface area contributed by atoms with Crippen LogP contribution in [0.15, 0.2) is 30.6 Å². The van der Waals surface area contributed by atoms with Crippen molar-refractivity contribution in [3.8, 4) is 22.0 Å². The fourth-order valence-corrected chi connectivity index (χ4v) is 2.96. The van der Waals surface area contributed by atoms with Crippen molar-refractivity contribution < 1.29 is 0 Å². The lowest BCUT2D eigenvalue weighted by Crippen LogP contribution is -1.97. The van der Waals surface area contributed by atoms with Crippen molar-refractivity contribution >= 4 is 17.2 Å². The van der Waals surface area contributed by atoms with E-state index in [9.17, 15) is 0 Å². The van der Waals surface area contributed by atoms with Crippen molar-refractivity contribution in [1.29, 1.82) is 0 Å². The first kappa shape index (κ1) is 13.8. The molecule has 21 heavy (non-hydrogen) atoms. The number of anilines is 1. The Morgan fingerprint density at radius 1 is 1.29 bits per heavy atom. The maximum Gasteiger partial charge on any atom is 0.172 e. The molecule has 0 saturated heterocycles. The zero-order valence-corrected chi connectivity index (χ0v) is 13.1. The molecule has 3 aromatic rings. The van der Waals surface area contributed by atoms with E-state index in [2.05, 4.69) is 39.4 Å². The molecule has 0 aliphatic heterocycles. The van der Waals surface area contributed by atoms with Gasteiger partial charge in [0.2, 0.25) is 0 Å². The molecule has 0 aliphatic rings. The highest BCUT2D eigenvalue weighted by Gasteiger charge is 2.11. The second-order valence-corrected chi connectivity index (χ2v) is 5.90. The maximum absolute atomic E-state index is 4.69. The van der Waals surface area contributed by atoms with Gasteiger partial charge in [-0.3, -0.25) is 4.68 Å². The molecule has 0 radical (unpaired) electrons. The van der Waals surface area contributed by atoms with Gasteiger partial charge >= 0.3 is 0 Å². The fourth-order valence-electron chi connectivity index (χ4n) is 2.07. The molecule has 3 aromatic heterocycles. The Morgan fingerprint density at radius 3 is 2.76 bits per heavy atom. The Morgan fingerprint density at radius 2 is 2.14 bits per heavy atom. The summed E-state index contributed by atoms with van der Waals surface area (Å²) in [7, 11) is 3.77. The van der Waals surface area contributed by atoms with E-state index in [1.165, 1.54) is 4.88 Å². The number of hydrogen-bond acceptors (Lipinski definition) is 5. The number of hydrogen-bond donors (Lipinski definition) is 1. The Kier molecular flexibility index (Phi) is 3.70. The molecule has 0 fully saturated rings. The molecule has 0 saturated carbocycles. The lowest BCUT2D eigenvalue weighted by molar-refractivity contribution is 0.768. The van der Waals surface area contributed by atoms with Gasteiger partial charge in [0.25, 0.3) is 0 Å². The number of nitrogens with one attached hydrogen (secondary N) is 1. The fraction of sp³-hybridized carbons (Fsp3) is 0.267. The molecule has 0 aliphatic carbocycles. The number of thiophene rings is 1. The van der Waals surface area contributed by atoms with E-state index in [-0.39, 0.29) is 0 Å². The van der Waals surface area contributed by atoms with Gasteiger partial charge < -0.3 is 5.32 Å². The van der Waals surface area contributed by atoms with Crippen LogP contribution in [0.3, 0.4) is 0 Å². The molecule has 0 unspecified atom stereocenters. The third-order valence-corrected chi connectivity index (χ3v) is 4.44. The van der Waals surface area contributed by atoms with Gasteiger partial charge in [-0.05, 0) is 18.6 Å². The van der Waals surface area contributed by atoms with Crippen LogP contribution in [0.2, 0.25) is 0 Å². The first-order valence-electron chi connectivity index (χ1n) is 6.84. The van der Waals surface area contributed by atoms with E-state index in [4.69, 9.17) is 0 Å². The highest BCUT2D eigenvalue weighted by atomic mass is 32.1. The molecular formula is C15H17N5S. The van der Waals surface area contributed by atoms with Gasteiger partial charge in [-0.15, -0.1) is 11.3 Å². The van der Waals surface area contributed by atoms with E-state index < -0.39 is 0 Å². The summed E-state index contributed by atoms with van der Waals surface area (Å²) < 4.78 is 1.77. The Hall–Kier alpha value is -2.21. The molecule has 5 nitrogen and oxygen atoms in total. The van der Waals surface area contributed by atoms with Crippen LogP contribution >= 0.6 is 11.3 Å². The number of rotatable bonds is 4. The molecule has 0 spiro atoms. The molecule has 6 heteroatoms. The van der Waals surface area contributed by atoms with Gasteiger partial charge in [-0.1, -0.05) is 6.92 Å². The van der Waals surface area contributed by atoms with Crippen LogP contribution in [0.4, 0.5) is 5.82 Å². The molecule has 0 amide bonds. The van der Waals surface area contributed by atoms with Gasteiger partial charge in [0.05, 0.1) is 16.8 Å². The first-order chi connectivity index (χ1) is 10.2. The topological polar surface area (TPSA) is 55.6 Å². The van der Waals surface area contributed by atoms with Crippen LogP contribution in [0.25, 0.3) is 22.0 Å². The lowest BCUT2D eigenvalue weighted by atomic mass is 10.2. The van der Waals surface area contributed by atoms with Gasteiger partial charge in [0.15, 0.2) is 5.82 Å². The quantitative estimate of drug-likeness (QED) is 0.803. The summed E-state index contributed by atoms with van der Waals surface area (Å²) in [5.41, 5.74) is 1.87. The SMILES string of the molecule is CCc1ccc(-c2nc(NC)cc(-c3cnn(C)c3)n2)s1. The van der Waals surface area contributed by atoms with Gasteiger partial charge in [0, 0.05) is 36.8 Å². The first-order valence-corrected chi connectivity index (χ1v) is 7.66. The molecule has 108 valence electrons. The molecule has 1 N–H and O–H groups in total. The average Bonchev–Trinajstić information content (AvgIpc) is 3.15. The maximum atomic E-state index is 4.69. The van der Waals surface area contributed by atoms with Crippen molar-refractivity contribution in [2.75, 3.05) is 12.4 Å². The highest BCUT2D eigenvalue weighted by Crippen LogP contribution is 2.29. The molecular weight excluding hydrogens is 282 g/mol. The van der Waals surface area contributed by atoms with E-state index in [1.807, 2.05) is 32.6 Å². The van der Waals surface area contributed by atoms with Gasteiger partial charge in [-0.2, -0.15) is 5.10 Å². The van der Waals surface area contributed by atoms with Crippen molar-refractivity contribution in [2.24, 2.45) is 7.05 Å². The van der Waals surface area contributed by atoms with Crippen molar-refractivity contribution in [1.82, 2.24) is 19.7 Å². The minimum Gasteiger partial charge on any atom is -0.373 e. The van der Waals surface area contributed by atoms with Crippen LogP contribution in [-0.4, -0.2) is 26.8 Å². The lowest BCUT2D eigenvalue weighted by Gasteiger charge is -2.05. The summed E-state index contributed by atoms with van der Waals surface area (Å²) in [6, 6.07) is 6.17. The summed E-state index contributed by atoms with van der Waals surface area (Å²) in [4.78, 5) is 11.7. The minimum atomic E-state index is 0.755. The molecule has 3 rings (SSSR count). The van der Waals surface area contributed by atoms with Crippen molar-refractivity contribution in [3.63, 3.8) is 0 Å². The van der Waals surface area contributed by atoms with Crippen molar-refractivity contribution in [2.45, 2.75) is 13.3 Å². The van der Waals surface area contributed by atoms with Crippen LogP contribution in [0.5, 0.6) is 0 Å². The summed E-state index contributed by atoms with van der Waals surface area (Å²) in [6.45, 7) is 2.15. The number of nitrogens with zero attached hydrogens (tertiary/aromatic N) is 4. The zero-order chi connectivity index (χ0) is 14.8. The molecule has 0 aromatic carbocycles. The Balaban J connectivity index is 2.08. The van der Waals surface area contributed by atoms with E-state index in [0.29, 0.717) is 0 Å². The van der Waals surface area contributed by atoms with E-state index in [1.54, 1.807) is 16.0 Å². The molecule has 0 bridgehead atoms. The smallest absolute Gasteiger partial charge is 0.172 e. The molecule has 3 heterocycles. The van der Waals surface area contributed by atoms with Crippen molar-refractivity contribution in [3.05, 3.63) is 35.5 Å². The Labute approximate surface area is 127 Å². The number of aromatic nitrogens is 4. The van der Waals surface area contributed by atoms with Gasteiger partial charge in [0.1, 0.15) is 5.82 Å². The highest BCUT2D eigenvalue weighted by molar-refractivity contribution is 7.15. The third kappa shape index (κ3) is 2.80. The van der Waals surface area contributed by atoms with Crippen LogP contribution in [-0.2, 0) is 13.5 Å². The average molecular weight is 299 g/mol. The second-order valence-electron chi connectivity index (χ2n) is 4.73. The summed E-state index contributed by atoms with van der Waals surface area (Å²) in [5, 5.41) is 7.31. The largest absolute Gasteiger partial charge is 0.373 e. The summed E-state index contributed by atoms with van der Waals surface area (Å²) in [6.07, 6.45) is 4.81. The zero-order valence-electron chi connectivity index (χ0n) is 12.3. The minimum absolute atomic E-state index is 0.755. The predicted octanol–water partition coefficient (Wildman–Crippen LogP) is 3.21. The van der Waals surface area contributed by atoms with E-state index in [0.717, 1.165) is 34.2 Å².